The van der Waals surface area contributed by atoms with E-state index in [1.165, 1.54) is 11.9 Å². The third-order valence-electron chi connectivity index (χ3n) is 6.18. The smallest absolute Gasteiger partial charge is 0.219 e. The van der Waals surface area contributed by atoms with Gasteiger partial charge in [-0.15, -0.1) is 0 Å². The number of hydrogen-bond donors (Lipinski definition) is 1. The standard InChI is InChI=1S/C22H28N4O2/c1-16(27)26(14-17-12-23-15-24-13-17)19-6-4-9-25(10-8-19)21-11-18-5-2-3-7-20(18)22(21)28/h2-3,5,7,12-13,15,19,21-22,28H,4,6,8-11,14H2,1H3/t19-,21-,22-/m1/s1. The van der Waals surface area contributed by atoms with E-state index < -0.39 is 6.10 Å². The van der Waals surface area contributed by atoms with Crippen LogP contribution in [0.4, 0.5) is 0 Å². The van der Waals surface area contributed by atoms with Gasteiger partial charge >= 0.3 is 0 Å². The SMILES string of the molecule is CC(=O)N(Cc1cncnc1)[C@@H]1CCCN([C@@H]2Cc3ccccc3[C@H]2O)CC1. The maximum absolute atomic E-state index is 12.3. The fourth-order valence-corrected chi connectivity index (χ4v) is 4.73. The molecule has 0 radical (unpaired) electrons. The van der Waals surface area contributed by atoms with E-state index in [9.17, 15) is 9.90 Å². The summed E-state index contributed by atoms with van der Waals surface area (Å²) in [6, 6.07) is 8.57. The molecule has 1 aliphatic carbocycles. The lowest BCUT2D eigenvalue weighted by Crippen LogP contribution is -2.41. The number of aromatic nitrogens is 2. The Bertz CT molecular complexity index is 813. The van der Waals surface area contributed by atoms with E-state index in [1.54, 1.807) is 19.3 Å². The van der Waals surface area contributed by atoms with E-state index in [2.05, 4.69) is 20.9 Å². The van der Waals surface area contributed by atoms with Gasteiger partial charge in [0.25, 0.3) is 0 Å². The second kappa shape index (κ2) is 8.37. The molecule has 1 N–H and O–H groups in total. The summed E-state index contributed by atoms with van der Waals surface area (Å²) < 4.78 is 0. The molecule has 1 amide bonds. The summed E-state index contributed by atoms with van der Waals surface area (Å²) in [7, 11) is 0. The molecule has 1 fully saturated rings. The lowest BCUT2D eigenvalue weighted by Gasteiger charge is -2.32. The summed E-state index contributed by atoms with van der Waals surface area (Å²) in [6.45, 7) is 4.06. The van der Waals surface area contributed by atoms with E-state index in [-0.39, 0.29) is 18.0 Å². The van der Waals surface area contributed by atoms with Crippen molar-refractivity contribution in [3.05, 3.63) is 59.7 Å². The fourth-order valence-electron chi connectivity index (χ4n) is 4.73. The van der Waals surface area contributed by atoms with Crippen molar-refractivity contribution in [1.29, 1.82) is 0 Å². The van der Waals surface area contributed by atoms with Gasteiger partial charge < -0.3 is 10.0 Å². The molecule has 148 valence electrons. The molecule has 6 heteroatoms. The number of hydrogen-bond acceptors (Lipinski definition) is 5. The minimum atomic E-state index is -0.418. The largest absolute Gasteiger partial charge is 0.387 e. The summed E-state index contributed by atoms with van der Waals surface area (Å²) in [4.78, 5) is 24.9. The number of aliphatic hydroxyl groups is 1. The summed E-state index contributed by atoms with van der Waals surface area (Å²) in [5.74, 6) is 0.0932. The second-order valence-electron chi connectivity index (χ2n) is 7.93. The molecule has 1 aliphatic heterocycles. The van der Waals surface area contributed by atoms with Gasteiger partial charge in [-0.05, 0) is 43.4 Å². The second-order valence-corrected chi connectivity index (χ2v) is 7.93. The molecule has 4 rings (SSSR count). The molecule has 1 saturated heterocycles. The molecule has 2 heterocycles. The van der Waals surface area contributed by atoms with Crippen molar-refractivity contribution < 1.29 is 9.90 Å². The number of carbonyl (C=O) groups excluding carboxylic acids is 1. The van der Waals surface area contributed by atoms with E-state index >= 15 is 0 Å². The van der Waals surface area contributed by atoms with Crippen molar-refractivity contribution in [1.82, 2.24) is 19.8 Å². The molecular formula is C22H28N4O2. The molecule has 0 spiro atoms. The van der Waals surface area contributed by atoms with Crippen molar-refractivity contribution in [2.24, 2.45) is 0 Å². The maximum Gasteiger partial charge on any atom is 0.219 e. The van der Waals surface area contributed by atoms with Gasteiger partial charge in [0.05, 0.1) is 6.10 Å². The van der Waals surface area contributed by atoms with Crippen LogP contribution in [0.1, 0.15) is 49.0 Å². The third kappa shape index (κ3) is 3.93. The van der Waals surface area contributed by atoms with Crippen LogP contribution in [0.2, 0.25) is 0 Å². The van der Waals surface area contributed by atoms with Gasteiger partial charge in [-0.1, -0.05) is 24.3 Å². The molecule has 2 aliphatic rings. The van der Waals surface area contributed by atoms with Crippen LogP contribution in [-0.2, 0) is 17.8 Å². The van der Waals surface area contributed by atoms with Crippen molar-refractivity contribution in [3.8, 4) is 0 Å². The lowest BCUT2D eigenvalue weighted by atomic mass is 10.1. The zero-order valence-electron chi connectivity index (χ0n) is 16.4. The van der Waals surface area contributed by atoms with E-state index in [0.29, 0.717) is 6.54 Å². The van der Waals surface area contributed by atoms with Crippen LogP contribution in [-0.4, -0.2) is 56.0 Å². The van der Waals surface area contributed by atoms with Gasteiger partial charge in [0.15, 0.2) is 0 Å². The number of aliphatic hydroxyl groups excluding tert-OH is 1. The Morgan fingerprint density at radius 1 is 1.21 bits per heavy atom. The molecule has 0 saturated carbocycles. The molecule has 0 bridgehead atoms. The van der Waals surface area contributed by atoms with E-state index in [1.807, 2.05) is 23.1 Å². The van der Waals surface area contributed by atoms with Gasteiger partial charge in [-0.3, -0.25) is 9.69 Å². The Labute approximate surface area is 166 Å². The van der Waals surface area contributed by atoms with Gasteiger partial charge in [0, 0.05) is 50.1 Å². The lowest BCUT2D eigenvalue weighted by molar-refractivity contribution is -0.132. The first-order chi connectivity index (χ1) is 13.6. The summed E-state index contributed by atoms with van der Waals surface area (Å²) in [5, 5.41) is 10.8. The number of carbonyl (C=O) groups is 1. The first-order valence-electron chi connectivity index (χ1n) is 10.1. The van der Waals surface area contributed by atoms with Crippen molar-refractivity contribution in [3.63, 3.8) is 0 Å². The Morgan fingerprint density at radius 3 is 2.75 bits per heavy atom. The minimum Gasteiger partial charge on any atom is -0.387 e. The van der Waals surface area contributed by atoms with Crippen molar-refractivity contribution >= 4 is 5.91 Å². The monoisotopic (exact) mass is 380 g/mol. The third-order valence-corrected chi connectivity index (χ3v) is 6.18. The average Bonchev–Trinajstić information content (AvgIpc) is 2.89. The van der Waals surface area contributed by atoms with Crippen LogP contribution in [0, 0.1) is 0 Å². The molecule has 0 unspecified atom stereocenters. The molecule has 1 aromatic carbocycles. The quantitative estimate of drug-likeness (QED) is 0.882. The van der Waals surface area contributed by atoms with Gasteiger partial charge in [0.1, 0.15) is 6.33 Å². The first-order valence-corrected chi connectivity index (χ1v) is 10.1. The predicted molar refractivity (Wildman–Crippen MR) is 106 cm³/mol. The zero-order chi connectivity index (χ0) is 19.5. The molecule has 1 aromatic heterocycles. The summed E-state index contributed by atoms with van der Waals surface area (Å²) >= 11 is 0. The zero-order valence-corrected chi connectivity index (χ0v) is 16.4. The Balaban J connectivity index is 1.42. The van der Waals surface area contributed by atoms with Crippen LogP contribution < -0.4 is 0 Å². The van der Waals surface area contributed by atoms with Crippen molar-refractivity contribution in [2.75, 3.05) is 13.1 Å². The van der Waals surface area contributed by atoms with Crippen LogP contribution >= 0.6 is 0 Å². The van der Waals surface area contributed by atoms with Gasteiger partial charge in [0.2, 0.25) is 5.91 Å². The van der Waals surface area contributed by atoms with Gasteiger partial charge in [-0.25, -0.2) is 9.97 Å². The number of benzene rings is 1. The molecule has 2 aromatic rings. The first kappa shape index (κ1) is 19.0. The number of amides is 1. The van der Waals surface area contributed by atoms with Crippen LogP contribution in [0.25, 0.3) is 0 Å². The molecule has 28 heavy (non-hydrogen) atoms. The Kier molecular flexibility index (Phi) is 5.69. The number of rotatable bonds is 4. The number of fused-ring (bicyclic) bond motifs is 1. The van der Waals surface area contributed by atoms with E-state index in [0.717, 1.165) is 49.9 Å². The molecular weight excluding hydrogens is 352 g/mol. The average molecular weight is 380 g/mol. The van der Waals surface area contributed by atoms with Crippen LogP contribution in [0.3, 0.4) is 0 Å². The number of nitrogens with zero attached hydrogens (tertiary/aromatic N) is 4. The van der Waals surface area contributed by atoms with Crippen molar-refractivity contribution in [2.45, 2.75) is 57.3 Å². The molecule has 6 nitrogen and oxygen atoms in total. The highest BCUT2D eigenvalue weighted by Gasteiger charge is 2.36. The fraction of sp³-hybridized carbons (Fsp3) is 0.500. The molecule has 3 atom stereocenters. The topological polar surface area (TPSA) is 69.6 Å². The predicted octanol–water partition coefficient (Wildman–Crippen LogP) is 2.34. The van der Waals surface area contributed by atoms with E-state index in [4.69, 9.17) is 0 Å². The highest BCUT2D eigenvalue weighted by atomic mass is 16.3. The highest BCUT2D eigenvalue weighted by molar-refractivity contribution is 5.73. The number of likely N-dealkylation sites (tertiary alicyclic amines) is 1. The maximum atomic E-state index is 12.3. The normalized spacial score (nSPS) is 25.1. The summed E-state index contributed by atoms with van der Waals surface area (Å²) in [6.07, 6.45) is 8.48. The van der Waals surface area contributed by atoms with Crippen LogP contribution in [0.5, 0.6) is 0 Å². The Morgan fingerprint density at radius 2 is 2.00 bits per heavy atom. The summed E-state index contributed by atoms with van der Waals surface area (Å²) in [5.41, 5.74) is 3.29. The van der Waals surface area contributed by atoms with Gasteiger partial charge in [-0.2, -0.15) is 0 Å². The van der Waals surface area contributed by atoms with Crippen LogP contribution in [0.15, 0.2) is 43.0 Å². The Hall–Kier alpha value is -2.31. The highest BCUT2D eigenvalue weighted by Crippen LogP contribution is 2.35. The minimum absolute atomic E-state index is 0.0932.